The second-order valence-corrected chi connectivity index (χ2v) is 6.50. The monoisotopic (exact) mass is 318 g/mol. The zero-order valence-corrected chi connectivity index (χ0v) is 13.9. The molecule has 1 atom stereocenters. The van der Waals surface area contributed by atoms with Crippen molar-refractivity contribution in [2.24, 2.45) is 5.92 Å². The van der Waals surface area contributed by atoms with Crippen LogP contribution in [-0.2, 0) is 16.0 Å². The van der Waals surface area contributed by atoms with Crippen LogP contribution in [0.25, 0.3) is 0 Å². The number of nitrogens with zero attached hydrogens (tertiary/aromatic N) is 1. The molecule has 126 valence electrons. The average Bonchev–Trinajstić information content (AvgIpc) is 2.52. The van der Waals surface area contributed by atoms with Gasteiger partial charge in [-0.05, 0) is 30.4 Å². The van der Waals surface area contributed by atoms with Crippen molar-refractivity contribution in [1.82, 2.24) is 5.32 Å². The number of carbonyl (C=O) groups excluding carboxylic acids is 2. The van der Waals surface area contributed by atoms with E-state index in [1.54, 1.807) is 4.90 Å². The molecule has 1 aromatic rings. The van der Waals surface area contributed by atoms with Crippen LogP contribution in [0.1, 0.15) is 38.7 Å². The molecular formula is C18H26N2O3. The van der Waals surface area contributed by atoms with Crippen LogP contribution >= 0.6 is 0 Å². The number of carbonyl (C=O) groups is 2. The summed E-state index contributed by atoms with van der Waals surface area (Å²) >= 11 is 0. The molecule has 1 aliphatic heterocycles. The van der Waals surface area contributed by atoms with Crippen LogP contribution in [0.4, 0.5) is 5.69 Å². The summed E-state index contributed by atoms with van der Waals surface area (Å²) in [6.07, 6.45) is 2.24. The number of amides is 2. The third-order valence-electron chi connectivity index (χ3n) is 4.10. The zero-order valence-electron chi connectivity index (χ0n) is 13.9. The molecule has 5 heteroatoms. The van der Waals surface area contributed by atoms with Gasteiger partial charge >= 0.3 is 0 Å². The number of aliphatic hydroxyl groups is 1. The van der Waals surface area contributed by atoms with Crippen molar-refractivity contribution in [3.05, 3.63) is 29.8 Å². The predicted octanol–water partition coefficient (Wildman–Crippen LogP) is 1.88. The second kappa shape index (κ2) is 8.11. The Morgan fingerprint density at radius 2 is 2.04 bits per heavy atom. The number of benzene rings is 1. The fourth-order valence-electron chi connectivity index (χ4n) is 3.00. The maximum absolute atomic E-state index is 12.1. The molecule has 0 saturated carbocycles. The Bertz CT molecular complexity index is 557. The standard InChI is InChI=1S/C18H26N2O3/c1-13(2)11-15(12-21)19-17(22)9-10-20-16-6-4-3-5-14(16)7-8-18(20)23/h3-6,13,15,21H,7-12H2,1-2H3,(H,19,22). The second-order valence-electron chi connectivity index (χ2n) is 6.50. The molecule has 2 N–H and O–H groups in total. The van der Waals surface area contributed by atoms with Gasteiger partial charge in [0.05, 0.1) is 12.6 Å². The number of anilines is 1. The van der Waals surface area contributed by atoms with Crippen LogP contribution in [0.2, 0.25) is 0 Å². The summed E-state index contributed by atoms with van der Waals surface area (Å²) in [5.41, 5.74) is 2.07. The van der Waals surface area contributed by atoms with Crippen molar-refractivity contribution in [3.8, 4) is 0 Å². The highest BCUT2D eigenvalue weighted by Gasteiger charge is 2.24. The maximum Gasteiger partial charge on any atom is 0.227 e. The first-order chi connectivity index (χ1) is 11.0. The van der Waals surface area contributed by atoms with Gasteiger partial charge in [0.15, 0.2) is 0 Å². The van der Waals surface area contributed by atoms with Crippen molar-refractivity contribution in [2.45, 2.75) is 45.6 Å². The van der Waals surface area contributed by atoms with Gasteiger partial charge in [0.2, 0.25) is 11.8 Å². The SMILES string of the molecule is CC(C)CC(CO)NC(=O)CCN1C(=O)CCc2ccccc21. The number of para-hydroxylation sites is 1. The number of aliphatic hydroxyl groups excluding tert-OH is 1. The van der Waals surface area contributed by atoms with Crippen molar-refractivity contribution in [2.75, 3.05) is 18.1 Å². The number of aryl methyl sites for hydroxylation is 1. The van der Waals surface area contributed by atoms with Crippen molar-refractivity contribution in [1.29, 1.82) is 0 Å². The Kier molecular flexibility index (Phi) is 6.16. The number of rotatable bonds is 7. The van der Waals surface area contributed by atoms with E-state index in [2.05, 4.69) is 19.2 Å². The zero-order chi connectivity index (χ0) is 16.8. The Hall–Kier alpha value is -1.88. The minimum atomic E-state index is -0.216. The normalized spacial score (nSPS) is 15.5. The van der Waals surface area contributed by atoms with Crippen LogP contribution in [0.3, 0.4) is 0 Å². The van der Waals surface area contributed by atoms with Crippen LogP contribution < -0.4 is 10.2 Å². The van der Waals surface area contributed by atoms with Crippen molar-refractivity contribution < 1.29 is 14.7 Å². The summed E-state index contributed by atoms with van der Waals surface area (Å²) in [6.45, 7) is 4.42. The molecule has 1 aromatic carbocycles. The molecule has 23 heavy (non-hydrogen) atoms. The summed E-state index contributed by atoms with van der Waals surface area (Å²) in [4.78, 5) is 25.9. The van der Waals surface area contributed by atoms with Gasteiger partial charge in [-0.1, -0.05) is 32.0 Å². The van der Waals surface area contributed by atoms with Gasteiger partial charge in [-0.3, -0.25) is 9.59 Å². The molecule has 2 amide bonds. The number of fused-ring (bicyclic) bond motifs is 1. The van der Waals surface area contributed by atoms with E-state index in [0.29, 0.717) is 18.9 Å². The summed E-state index contributed by atoms with van der Waals surface area (Å²) < 4.78 is 0. The minimum absolute atomic E-state index is 0.0601. The Morgan fingerprint density at radius 1 is 1.30 bits per heavy atom. The predicted molar refractivity (Wildman–Crippen MR) is 90.2 cm³/mol. The molecule has 0 spiro atoms. The van der Waals surface area contributed by atoms with E-state index in [1.165, 1.54) is 0 Å². The average molecular weight is 318 g/mol. The Balaban J connectivity index is 1.92. The lowest BCUT2D eigenvalue weighted by molar-refractivity contribution is -0.122. The molecule has 1 aliphatic rings. The van der Waals surface area contributed by atoms with Crippen LogP contribution in [-0.4, -0.2) is 36.1 Å². The molecule has 0 bridgehead atoms. The first-order valence-electron chi connectivity index (χ1n) is 8.29. The first-order valence-corrected chi connectivity index (χ1v) is 8.29. The highest BCUT2D eigenvalue weighted by atomic mass is 16.3. The van der Waals surface area contributed by atoms with Crippen LogP contribution in [0.15, 0.2) is 24.3 Å². The van der Waals surface area contributed by atoms with Crippen molar-refractivity contribution in [3.63, 3.8) is 0 Å². The highest BCUT2D eigenvalue weighted by molar-refractivity contribution is 5.96. The van der Waals surface area contributed by atoms with Gasteiger partial charge in [0.1, 0.15) is 0 Å². The van der Waals surface area contributed by atoms with E-state index >= 15 is 0 Å². The van der Waals surface area contributed by atoms with Crippen molar-refractivity contribution >= 4 is 17.5 Å². The molecule has 0 fully saturated rings. The highest BCUT2D eigenvalue weighted by Crippen LogP contribution is 2.27. The fourth-order valence-corrected chi connectivity index (χ4v) is 3.00. The number of nitrogens with one attached hydrogen (secondary N) is 1. The molecule has 0 aromatic heterocycles. The molecule has 1 unspecified atom stereocenters. The van der Waals surface area contributed by atoms with Gasteiger partial charge in [0, 0.05) is 25.1 Å². The smallest absolute Gasteiger partial charge is 0.227 e. The summed E-state index contributed by atoms with van der Waals surface area (Å²) in [7, 11) is 0. The maximum atomic E-state index is 12.1. The third-order valence-corrected chi connectivity index (χ3v) is 4.10. The van der Waals surface area contributed by atoms with Gasteiger partial charge < -0.3 is 15.3 Å². The van der Waals surface area contributed by atoms with Crippen LogP contribution in [0.5, 0.6) is 0 Å². The van der Waals surface area contributed by atoms with Gasteiger partial charge in [-0.25, -0.2) is 0 Å². The molecule has 0 saturated heterocycles. The van der Waals surface area contributed by atoms with Gasteiger partial charge in [-0.2, -0.15) is 0 Å². The number of hydrogen-bond donors (Lipinski definition) is 2. The molecular weight excluding hydrogens is 292 g/mol. The quantitative estimate of drug-likeness (QED) is 0.806. The van der Waals surface area contributed by atoms with E-state index in [4.69, 9.17) is 0 Å². The molecule has 2 rings (SSSR count). The van der Waals surface area contributed by atoms with E-state index in [1.807, 2.05) is 24.3 Å². The molecule has 5 nitrogen and oxygen atoms in total. The lowest BCUT2D eigenvalue weighted by Gasteiger charge is -2.29. The summed E-state index contributed by atoms with van der Waals surface area (Å²) in [5.74, 6) is 0.348. The van der Waals surface area contributed by atoms with E-state index in [0.717, 1.165) is 24.1 Å². The molecule has 0 aliphatic carbocycles. The topological polar surface area (TPSA) is 69.6 Å². The summed E-state index contributed by atoms with van der Waals surface area (Å²) in [6, 6.07) is 7.62. The van der Waals surface area contributed by atoms with E-state index in [-0.39, 0.29) is 30.9 Å². The first kappa shape index (κ1) is 17.5. The minimum Gasteiger partial charge on any atom is -0.394 e. The summed E-state index contributed by atoms with van der Waals surface area (Å²) in [5, 5.41) is 12.2. The Morgan fingerprint density at radius 3 is 2.74 bits per heavy atom. The Labute approximate surface area is 137 Å². The lowest BCUT2D eigenvalue weighted by atomic mass is 10.0. The molecule has 1 heterocycles. The van der Waals surface area contributed by atoms with Gasteiger partial charge in [0.25, 0.3) is 0 Å². The number of hydrogen-bond acceptors (Lipinski definition) is 3. The van der Waals surface area contributed by atoms with E-state index < -0.39 is 0 Å². The van der Waals surface area contributed by atoms with Crippen LogP contribution in [0, 0.1) is 5.92 Å². The van der Waals surface area contributed by atoms with Gasteiger partial charge in [-0.15, -0.1) is 0 Å². The lowest BCUT2D eigenvalue weighted by Crippen LogP contribution is -2.42. The van der Waals surface area contributed by atoms with E-state index in [9.17, 15) is 14.7 Å². The molecule has 0 radical (unpaired) electrons. The largest absolute Gasteiger partial charge is 0.394 e. The third kappa shape index (κ3) is 4.79. The fraction of sp³-hybridized carbons (Fsp3) is 0.556.